The number of hydrogen-bond donors (Lipinski definition) is 1. The third kappa shape index (κ3) is 7.61. The summed E-state index contributed by atoms with van der Waals surface area (Å²) in [6, 6.07) is 29.2. The standard InChI is InChI=1S/C34H37N3O5S/c1-25-14-20-31(21-15-25)43(40,41)37(29-16-18-30(42-4)19-17-29)24-33(38)36(23-28-13-9-8-10-26(28)2)32(34(39)35-3)22-27-11-6-5-7-12-27/h5-21,32H,22-24H2,1-4H3,(H,35,39). The zero-order valence-corrected chi connectivity index (χ0v) is 25.7. The van der Waals surface area contributed by atoms with Gasteiger partial charge >= 0.3 is 0 Å². The predicted octanol–water partition coefficient (Wildman–Crippen LogP) is 4.89. The number of ether oxygens (including phenoxy) is 1. The first-order valence-corrected chi connectivity index (χ1v) is 15.4. The van der Waals surface area contributed by atoms with Gasteiger partial charge in [0.25, 0.3) is 10.0 Å². The van der Waals surface area contributed by atoms with Crippen molar-refractivity contribution in [3.05, 3.63) is 125 Å². The molecule has 1 N–H and O–H groups in total. The monoisotopic (exact) mass is 599 g/mol. The Hall–Kier alpha value is -4.63. The van der Waals surface area contributed by atoms with Crippen molar-refractivity contribution in [3.63, 3.8) is 0 Å². The van der Waals surface area contributed by atoms with Crippen LogP contribution in [0, 0.1) is 13.8 Å². The zero-order valence-electron chi connectivity index (χ0n) is 24.9. The third-order valence-corrected chi connectivity index (χ3v) is 9.16. The number of aryl methyl sites for hydroxylation is 2. The van der Waals surface area contributed by atoms with Crippen LogP contribution in [0.25, 0.3) is 0 Å². The van der Waals surface area contributed by atoms with Crippen LogP contribution in [-0.2, 0) is 32.6 Å². The number of nitrogens with one attached hydrogen (secondary N) is 1. The fourth-order valence-corrected chi connectivity index (χ4v) is 6.22. The SMILES string of the molecule is CNC(=O)C(Cc1ccccc1)N(Cc1ccccc1C)C(=O)CN(c1ccc(OC)cc1)S(=O)(=O)c1ccc(C)cc1. The number of nitrogens with zero attached hydrogens (tertiary/aromatic N) is 2. The van der Waals surface area contributed by atoms with Gasteiger partial charge in [0.15, 0.2) is 0 Å². The van der Waals surface area contributed by atoms with E-state index in [1.54, 1.807) is 36.4 Å². The molecular formula is C34H37N3O5S. The number of methoxy groups -OCH3 is 1. The molecule has 2 amide bonds. The number of sulfonamides is 1. The predicted molar refractivity (Wildman–Crippen MR) is 168 cm³/mol. The van der Waals surface area contributed by atoms with Crippen molar-refractivity contribution in [2.24, 2.45) is 0 Å². The molecule has 224 valence electrons. The molecule has 0 saturated heterocycles. The van der Waals surface area contributed by atoms with E-state index in [1.807, 2.05) is 68.4 Å². The first kappa shape index (κ1) is 31.3. The van der Waals surface area contributed by atoms with Crippen molar-refractivity contribution >= 4 is 27.5 Å². The Morgan fingerprint density at radius 3 is 2.07 bits per heavy atom. The summed E-state index contributed by atoms with van der Waals surface area (Å²) in [4.78, 5) is 29.3. The molecule has 4 aromatic carbocycles. The van der Waals surface area contributed by atoms with Crippen molar-refractivity contribution in [3.8, 4) is 5.75 Å². The molecule has 4 rings (SSSR count). The minimum Gasteiger partial charge on any atom is -0.497 e. The van der Waals surface area contributed by atoms with Crippen LogP contribution >= 0.6 is 0 Å². The molecular weight excluding hydrogens is 562 g/mol. The lowest BCUT2D eigenvalue weighted by Gasteiger charge is -2.34. The van der Waals surface area contributed by atoms with E-state index >= 15 is 0 Å². The van der Waals surface area contributed by atoms with Crippen molar-refractivity contribution in [1.82, 2.24) is 10.2 Å². The van der Waals surface area contributed by atoms with Gasteiger partial charge in [0.1, 0.15) is 18.3 Å². The van der Waals surface area contributed by atoms with Gasteiger partial charge in [-0.2, -0.15) is 0 Å². The fraction of sp³-hybridized carbons (Fsp3) is 0.235. The molecule has 0 fully saturated rings. The molecule has 1 unspecified atom stereocenters. The van der Waals surface area contributed by atoms with Gasteiger partial charge in [-0.15, -0.1) is 0 Å². The molecule has 8 nitrogen and oxygen atoms in total. The molecule has 4 aromatic rings. The Morgan fingerprint density at radius 1 is 0.837 bits per heavy atom. The van der Waals surface area contributed by atoms with E-state index in [0.29, 0.717) is 11.4 Å². The first-order valence-electron chi connectivity index (χ1n) is 14.0. The van der Waals surface area contributed by atoms with Crippen LogP contribution in [0.2, 0.25) is 0 Å². The van der Waals surface area contributed by atoms with Crippen molar-refractivity contribution in [2.75, 3.05) is 25.0 Å². The number of likely N-dealkylation sites (N-methyl/N-ethyl adjacent to an activating group) is 1. The molecule has 9 heteroatoms. The minimum atomic E-state index is -4.17. The van der Waals surface area contributed by atoms with Crippen molar-refractivity contribution in [2.45, 2.75) is 37.8 Å². The van der Waals surface area contributed by atoms with Gasteiger partial charge in [0, 0.05) is 20.0 Å². The molecule has 0 aromatic heterocycles. The van der Waals surface area contributed by atoms with Gasteiger partial charge in [0.2, 0.25) is 11.8 Å². The normalized spacial score (nSPS) is 11.8. The highest BCUT2D eigenvalue weighted by molar-refractivity contribution is 7.92. The highest BCUT2D eigenvalue weighted by Crippen LogP contribution is 2.27. The topological polar surface area (TPSA) is 96.0 Å². The van der Waals surface area contributed by atoms with Crippen LogP contribution in [0.5, 0.6) is 5.75 Å². The number of carbonyl (C=O) groups excluding carboxylic acids is 2. The van der Waals surface area contributed by atoms with Gasteiger partial charge < -0.3 is 15.0 Å². The van der Waals surface area contributed by atoms with Gasteiger partial charge in [-0.05, 0) is 66.9 Å². The highest BCUT2D eigenvalue weighted by Gasteiger charge is 2.34. The summed E-state index contributed by atoms with van der Waals surface area (Å²) in [7, 11) is -1.11. The summed E-state index contributed by atoms with van der Waals surface area (Å²) in [6.45, 7) is 3.42. The molecule has 43 heavy (non-hydrogen) atoms. The van der Waals surface area contributed by atoms with Crippen LogP contribution < -0.4 is 14.4 Å². The molecule has 1 atom stereocenters. The third-order valence-electron chi connectivity index (χ3n) is 7.37. The van der Waals surface area contributed by atoms with E-state index in [1.165, 1.54) is 31.2 Å². The summed E-state index contributed by atoms with van der Waals surface area (Å²) in [5, 5.41) is 2.70. The maximum atomic E-state index is 14.4. The van der Waals surface area contributed by atoms with E-state index in [0.717, 1.165) is 26.6 Å². The number of benzene rings is 4. The van der Waals surface area contributed by atoms with E-state index in [9.17, 15) is 18.0 Å². The largest absolute Gasteiger partial charge is 0.497 e. The second kappa shape index (κ2) is 14.0. The van der Waals surface area contributed by atoms with Crippen LogP contribution in [-0.4, -0.2) is 51.9 Å². The smallest absolute Gasteiger partial charge is 0.264 e. The molecule has 0 bridgehead atoms. The Balaban J connectivity index is 1.79. The minimum absolute atomic E-state index is 0.0549. The molecule has 0 saturated carbocycles. The summed E-state index contributed by atoms with van der Waals surface area (Å²) < 4.78 is 34.5. The Kier molecular flexibility index (Phi) is 10.2. The first-order chi connectivity index (χ1) is 20.6. The van der Waals surface area contributed by atoms with Crippen LogP contribution in [0.4, 0.5) is 5.69 Å². The summed E-state index contributed by atoms with van der Waals surface area (Å²) >= 11 is 0. The number of carbonyl (C=O) groups is 2. The lowest BCUT2D eigenvalue weighted by Crippen LogP contribution is -2.53. The molecule has 0 spiro atoms. The number of amides is 2. The van der Waals surface area contributed by atoms with Crippen molar-refractivity contribution in [1.29, 1.82) is 0 Å². The Labute approximate surface area is 254 Å². The van der Waals surface area contributed by atoms with E-state index in [-0.39, 0.29) is 23.8 Å². The Bertz CT molecular complexity index is 1640. The maximum absolute atomic E-state index is 14.4. The average Bonchev–Trinajstić information content (AvgIpc) is 3.02. The van der Waals surface area contributed by atoms with Gasteiger partial charge in [-0.3, -0.25) is 13.9 Å². The molecule has 0 aliphatic heterocycles. The van der Waals surface area contributed by atoms with Crippen molar-refractivity contribution < 1.29 is 22.7 Å². The van der Waals surface area contributed by atoms with E-state index in [4.69, 9.17) is 4.74 Å². The highest BCUT2D eigenvalue weighted by atomic mass is 32.2. The summed E-state index contributed by atoms with van der Waals surface area (Å²) in [5.41, 5.74) is 3.89. The quantitative estimate of drug-likeness (QED) is 0.250. The summed E-state index contributed by atoms with van der Waals surface area (Å²) in [6.07, 6.45) is 0.255. The van der Waals surface area contributed by atoms with Crippen LogP contribution in [0.15, 0.2) is 108 Å². The van der Waals surface area contributed by atoms with E-state index in [2.05, 4.69) is 5.32 Å². The fourth-order valence-electron chi connectivity index (χ4n) is 4.81. The Morgan fingerprint density at radius 2 is 1.47 bits per heavy atom. The van der Waals surface area contributed by atoms with Crippen LogP contribution in [0.1, 0.15) is 22.3 Å². The number of hydrogen-bond acceptors (Lipinski definition) is 5. The number of anilines is 1. The van der Waals surface area contributed by atoms with Gasteiger partial charge in [-0.25, -0.2) is 8.42 Å². The lowest BCUT2D eigenvalue weighted by atomic mass is 10.0. The summed E-state index contributed by atoms with van der Waals surface area (Å²) in [5.74, 6) is -0.311. The molecule has 0 heterocycles. The average molecular weight is 600 g/mol. The maximum Gasteiger partial charge on any atom is 0.264 e. The second-order valence-electron chi connectivity index (χ2n) is 10.3. The van der Waals surface area contributed by atoms with E-state index < -0.39 is 28.5 Å². The molecule has 0 aliphatic carbocycles. The van der Waals surface area contributed by atoms with Gasteiger partial charge in [0.05, 0.1) is 17.7 Å². The molecule has 0 aliphatic rings. The second-order valence-corrected chi connectivity index (χ2v) is 12.2. The lowest BCUT2D eigenvalue weighted by molar-refractivity contribution is -0.139. The van der Waals surface area contributed by atoms with Crippen LogP contribution in [0.3, 0.4) is 0 Å². The van der Waals surface area contributed by atoms with Gasteiger partial charge in [-0.1, -0.05) is 72.3 Å². The molecule has 0 radical (unpaired) electrons. The zero-order chi connectivity index (χ0) is 31.0. The number of rotatable bonds is 12.